The summed E-state index contributed by atoms with van der Waals surface area (Å²) in [6.45, 7) is 2.92. The van der Waals surface area contributed by atoms with Gasteiger partial charge in [0.05, 0.1) is 17.6 Å². The summed E-state index contributed by atoms with van der Waals surface area (Å²) >= 11 is 0. The molecule has 0 aromatic heterocycles. The molecule has 0 bridgehead atoms. The molecule has 2 aromatic rings. The highest BCUT2D eigenvalue weighted by Crippen LogP contribution is 2.22. The van der Waals surface area contributed by atoms with Gasteiger partial charge in [0.1, 0.15) is 5.75 Å². The fourth-order valence-electron chi connectivity index (χ4n) is 2.31. The summed E-state index contributed by atoms with van der Waals surface area (Å²) in [5.41, 5.74) is 0.450. The lowest BCUT2D eigenvalue weighted by atomic mass is 10.1. The number of hydrogen-bond acceptors (Lipinski definition) is 6. The average Bonchev–Trinajstić information content (AvgIpc) is 2.60. The third-order valence-corrected chi connectivity index (χ3v) is 3.75. The molecule has 0 saturated heterocycles. The molecular weight excluding hydrogens is 326 g/mol. The average molecular weight is 343 g/mol. The molecule has 2 rings (SSSR count). The van der Waals surface area contributed by atoms with Gasteiger partial charge in [0.25, 0.3) is 5.69 Å². The molecule has 7 nitrogen and oxygen atoms in total. The van der Waals surface area contributed by atoms with Crippen LogP contribution in [-0.2, 0) is 4.74 Å². The van der Waals surface area contributed by atoms with Gasteiger partial charge in [-0.2, -0.15) is 0 Å². The van der Waals surface area contributed by atoms with Crippen LogP contribution in [0.1, 0.15) is 33.2 Å². The molecule has 7 heteroatoms. The van der Waals surface area contributed by atoms with Crippen molar-refractivity contribution in [1.29, 1.82) is 0 Å². The number of hydrogen-bond donors (Lipinski definition) is 0. The van der Waals surface area contributed by atoms with E-state index in [1.165, 1.54) is 39.2 Å². The van der Waals surface area contributed by atoms with E-state index in [9.17, 15) is 19.7 Å². The number of carbonyl (C=O) groups is 2. The van der Waals surface area contributed by atoms with E-state index in [2.05, 4.69) is 0 Å². The van der Waals surface area contributed by atoms with Crippen LogP contribution in [-0.4, -0.2) is 29.9 Å². The van der Waals surface area contributed by atoms with E-state index in [0.29, 0.717) is 11.3 Å². The number of nitrogens with zero attached hydrogens (tertiary/aromatic N) is 1. The Labute approximate surface area is 144 Å². The Hall–Kier alpha value is -3.22. The number of esters is 1. The second-order valence-corrected chi connectivity index (χ2v) is 5.35. The maximum atomic E-state index is 12.3. The van der Waals surface area contributed by atoms with Crippen molar-refractivity contribution in [3.63, 3.8) is 0 Å². The summed E-state index contributed by atoms with van der Waals surface area (Å²) in [6.07, 6.45) is -1.03. The van der Waals surface area contributed by atoms with Crippen LogP contribution >= 0.6 is 0 Å². The molecule has 0 N–H and O–H groups in total. The van der Waals surface area contributed by atoms with Crippen LogP contribution in [0, 0.1) is 17.0 Å². The lowest BCUT2D eigenvalue weighted by Crippen LogP contribution is -2.24. The molecule has 130 valence electrons. The SMILES string of the molecule is COc1ccc(C(=O)[C@H](C)OC(=O)c2cccc([N+](=O)[O-])c2C)cc1. The van der Waals surface area contributed by atoms with E-state index in [4.69, 9.17) is 9.47 Å². The van der Waals surface area contributed by atoms with Gasteiger partial charge in [-0.25, -0.2) is 4.79 Å². The highest BCUT2D eigenvalue weighted by atomic mass is 16.6. The van der Waals surface area contributed by atoms with Crippen molar-refractivity contribution >= 4 is 17.4 Å². The monoisotopic (exact) mass is 343 g/mol. The number of ketones is 1. The third kappa shape index (κ3) is 4.00. The lowest BCUT2D eigenvalue weighted by Gasteiger charge is -2.13. The zero-order valence-corrected chi connectivity index (χ0v) is 14.0. The Morgan fingerprint density at radius 2 is 1.76 bits per heavy atom. The highest BCUT2D eigenvalue weighted by Gasteiger charge is 2.24. The number of ether oxygens (including phenoxy) is 2. The summed E-state index contributed by atoms with van der Waals surface area (Å²) in [5.74, 6) is -0.553. The Bertz CT molecular complexity index is 813. The van der Waals surface area contributed by atoms with Gasteiger partial charge in [0, 0.05) is 17.2 Å². The van der Waals surface area contributed by atoms with Gasteiger partial charge in [-0.3, -0.25) is 14.9 Å². The van der Waals surface area contributed by atoms with Crippen molar-refractivity contribution in [2.45, 2.75) is 20.0 Å². The van der Waals surface area contributed by atoms with E-state index in [0.717, 1.165) is 0 Å². The van der Waals surface area contributed by atoms with Crippen LogP contribution in [0.2, 0.25) is 0 Å². The van der Waals surface area contributed by atoms with Crippen molar-refractivity contribution in [3.8, 4) is 5.75 Å². The summed E-state index contributed by atoms with van der Waals surface area (Å²) in [4.78, 5) is 35.0. The fourth-order valence-corrected chi connectivity index (χ4v) is 2.31. The molecule has 25 heavy (non-hydrogen) atoms. The van der Waals surface area contributed by atoms with Crippen LogP contribution in [0.15, 0.2) is 42.5 Å². The highest BCUT2D eigenvalue weighted by molar-refractivity contribution is 6.01. The van der Waals surface area contributed by atoms with Gasteiger partial charge >= 0.3 is 5.97 Å². The smallest absolute Gasteiger partial charge is 0.339 e. The number of Topliss-reactive ketones (excluding diaryl/α,β-unsaturated/α-hetero) is 1. The summed E-state index contributed by atoms with van der Waals surface area (Å²) in [6, 6.07) is 10.5. The van der Waals surface area contributed by atoms with E-state index in [1.807, 2.05) is 0 Å². The quantitative estimate of drug-likeness (QED) is 0.345. The summed E-state index contributed by atoms with van der Waals surface area (Å²) in [5, 5.41) is 11.0. The zero-order chi connectivity index (χ0) is 18.6. The van der Waals surface area contributed by atoms with Crippen LogP contribution in [0.3, 0.4) is 0 Å². The standard InChI is InChI=1S/C18H17NO6/c1-11-15(5-4-6-16(11)19(22)23)18(21)25-12(2)17(20)13-7-9-14(24-3)10-8-13/h4-10,12H,1-3H3/t12-/m0/s1. The first kappa shape index (κ1) is 18.1. The molecule has 0 fully saturated rings. The molecule has 0 unspecified atom stereocenters. The first-order chi connectivity index (χ1) is 11.8. The van der Waals surface area contributed by atoms with Crippen molar-refractivity contribution in [2.24, 2.45) is 0 Å². The molecule has 0 saturated carbocycles. The predicted molar refractivity (Wildman–Crippen MR) is 90.0 cm³/mol. The number of methoxy groups -OCH3 is 1. The molecular formula is C18H17NO6. The Morgan fingerprint density at radius 3 is 2.32 bits per heavy atom. The Morgan fingerprint density at radius 1 is 1.12 bits per heavy atom. The second kappa shape index (κ2) is 7.57. The minimum absolute atomic E-state index is 0.0589. The lowest BCUT2D eigenvalue weighted by molar-refractivity contribution is -0.385. The Balaban J connectivity index is 2.15. The minimum atomic E-state index is -1.03. The van der Waals surface area contributed by atoms with Gasteiger partial charge in [-0.15, -0.1) is 0 Å². The zero-order valence-electron chi connectivity index (χ0n) is 14.0. The van der Waals surface area contributed by atoms with Crippen LogP contribution in [0.5, 0.6) is 5.75 Å². The number of rotatable bonds is 6. The maximum absolute atomic E-state index is 12.3. The van der Waals surface area contributed by atoms with Crippen LogP contribution in [0.25, 0.3) is 0 Å². The topological polar surface area (TPSA) is 95.7 Å². The predicted octanol–water partition coefficient (Wildman–Crippen LogP) is 3.34. The minimum Gasteiger partial charge on any atom is -0.497 e. The van der Waals surface area contributed by atoms with E-state index in [-0.39, 0.29) is 22.6 Å². The maximum Gasteiger partial charge on any atom is 0.339 e. The first-order valence-corrected chi connectivity index (χ1v) is 7.48. The van der Waals surface area contributed by atoms with Gasteiger partial charge in [0.15, 0.2) is 6.10 Å². The van der Waals surface area contributed by atoms with Crippen molar-refractivity contribution in [3.05, 3.63) is 69.3 Å². The number of nitro benzene ring substituents is 1. The molecule has 0 radical (unpaired) electrons. The van der Waals surface area contributed by atoms with E-state index < -0.39 is 17.0 Å². The van der Waals surface area contributed by atoms with Gasteiger partial charge < -0.3 is 9.47 Å². The van der Waals surface area contributed by atoms with Gasteiger partial charge in [-0.1, -0.05) is 6.07 Å². The van der Waals surface area contributed by atoms with Gasteiger partial charge in [-0.05, 0) is 44.2 Å². The van der Waals surface area contributed by atoms with E-state index >= 15 is 0 Å². The molecule has 0 spiro atoms. The molecule has 0 amide bonds. The number of benzene rings is 2. The fraction of sp³-hybridized carbons (Fsp3) is 0.222. The molecule has 0 heterocycles. The summed E-state index contributed by atoms with van der Waals surface area (Å²) in [7, 11) is 1.52. The van der Waals surface area contributed by atoms with Crippen LogP contribution < -0.4 is 4.74 Å². The molecule has 0 aliphatic heterocycles. The van der Waals surface area contributed by atoms with Crippen LogP contribution in [0.4, 0.5) is 5.69 Å². The van der Waals surface area contributed by atoms with Gasteiger partial charge in [0.2, 0.25) is 5.78 Å². The molecule has 0 aliphatic carbocycles. The Kier molecular flexibility index (Phi) is 5.49. The largest absolute Gasteiger partial charge is 0.497 e. The number of carbonyl (C=O) groups excluding carboxylic acids is 2. The van der Waals surface area contributed by atoms with Crippen molar-refractivity contribution in [2.75, 3.05) is 7.11 Å². The summed E-state index contributed by atoms with van der Waals surface area (Å²) < 4.78 is 10.2. The molecule has 2 aromatic carbocycles. The van der Waals surface area contributed by atoms with Crippen molar-refractivity contribution < 1.29 is 24.0 Å². The normalized spacial score (nSPS) is 11.5. The molecule has 0 aliphatic rings. The third-order valence-electron chi connectivity index (χ3n) is 3.75. The molecule has 1 atom stereocenters. The van der Waals surface area contributed by atoms with E-state index in [1.54, 1.807) is 24.3 Å². The van der Waals surface area contributed by atoms with Crippen molar-refractivity contribution in [1.82, 2.24) is 0 Å². The first-order valence-electron chi connectivity index (χ1n) is 7.48. The number of nitro groups is 1. The second-order valence-electron chi connectivity index (χ2n) is 5.35.